The number of hydrogen-bond donors (Lipinski definition) is 0. The molecule has 0 unspecified atom stereocenters. The molecule has 0 radical (unpaired) electrons. The summed E-state index contributed by atoms with van der Waals surface area (Å²) >= 11 is 5.87. The summed E-state index contributed by atoms with van der Waals surface area (Å²) in [7, 11) is 0. The predicted octanol–water partition coefficient (Wildman–Crippen LogP) is 2.94. The summed E-state index contributed by atoms with van der Waals surface area (Å²) in [6, 6.07) is 0. The van der Waals surface area contributed by atoms with Gasteiger partial charge in [0.15, 0.2) is 0 Å². The first kappa shape index (κ1) is 9.83. The van der Waals surface area contributed by atoms with Crippen LogP contribution in [0.25, 0.3) is 0 Å². The Balaban J connectivity index is 3.46. The summed E-state index contributed by atoms with van der Waals surface area (Å²) < 4.78 is 5.23. The van der Waals surface area contributed by atoms with E-state index in [1.807, 2.05) is 20.8 Å². The van der Waals surface area contributed by atoms with E-state index in [0.717, 1.165) is 12.2 Å². The molecule has 1 nitrogen and oxygen atoms in total. The molecule has 0 aromatic carbocycles. The van der Waals surface area contributed by atoms with Crippen molar-refractivity contribution >= 4 is 11.6 Å². The van der Waals surface area contributed by atoms with E-state index in [1.54, 1.807) is 0 Å². The fraction of sp³-hybridized carbons (Fsp3) is 0.750. The number of rotatable bonds is 4. The van der Waals surface area contributed by atoms with E-state index in [-0.39, 0.29) is 4.87 Å². The molecule has 0 bridgehead atoms. The van der Waals surface area contributed by atoms with Crippen LogP contribution < -0.4 is 0 Å². The van der Waals surface area contributed by atoms with Crippen molar-refractivity contribution in [3.63, 3.8) is 0 Å². The van der Waals surface area contributed by atoms with E-state index in [1.165, 1.54) is 0 Å². The molecule has 10 heavy (non-hydrogen) atoms. The topological polar surface area (TPSA) is 9.23 Å². The first-order valence-electron chi connectivity index (χ1n) is 3.45. The van der Waals surface area contributed by atoms with Crippen LogP contribution in [-0.4, -0.2) is 11.5 Å². The maximum atomic E-state index is 5.87. The quantitative estimate of drug-likeness (QED) is 0.456. The summed E-state index contributed by atoms with van der Waals surface area (Å²) in [5, 5.41) is 0. The molecule has 0 aromatic heterocycles. The third-order valence-corrected chi connectivity index (χ3v) is 1.12. The lowest BCUT2D eigenvalue weighted by atomic mass is 10.2. The van der Waals surface area contributed by atoms with Crippen molar-refractivity contribution in [2.45, 2.75) is 32.1 Å². The van der Waals surface area contributed by atoms with Crippen LogP contribution in [0, 0.1) is 0 Å². The predicted molar refractivity (Wildman–Crippen MR) is 45.3 cm³/mol. The summed E-state index contributed by atoms with van der Waals surface area (Å²) in [5.74, 6) is 0.800. The molecule has 0 saturated carbocycles. The number of allylic oxidation sites excluding steroid dienone is 1. The van der Waals surface area contributed by atoms with Gasteiger partial charge in [-0.2, -0.15) is 0 Å². The molecule has 2 heteroatoms. The van der Waals surface area contributed by atoms with Crippen LogP contribution in [0.5, 0.6) is 0 Å². The molecule has 0 amide bonds. The maximum Gasteiger partial charge on any atom is 0.106 e. The molecule has 0 heterocycles. The van der Waals surface area contributed by atoms with Crippen molar-refractivity contribution in [3.05, 3.63) is 12.3 Å². The molecule has 0 N–H and O–H groups in total. The van der Waals surface area contributed by atoms with Gasteiger partial charge in [-0.05, 0) is 13.8 Å². The van der Waals surface area contributed by atoms with Gasteiger partial charge in [-0.1, -0.05) is 13.5 Å². The third-order valence-electron chi connectivity index (χ3n) is 1.01. The minimum absolute atomic E-state index is 0.280. The zero-order chi connectivity index (χ0) is 8.20. The van der Waals surface area contributed by atoms with Crippen LogP contribution in [0.3, 0.4) is 0 Å². The SMILES string of the molecule is C=C(CC)OCC(C)(C)Cl. The van der Waals surface area contributed by atoms with Crippen LogP contribution in [0.15, 0.2) is 12.3 Å². The number of halogens is 1. The smallest absolute Gasteiger partial charge is 0.106 e. The minimum Gasteiger partial charge on any atom is -0.497 e. The van der Waals surface area contributed by atoms with Gasteiger partial charge in [0.05, 0.1) is 10.6 Å². The van der Waals surface area contributed by atoms with Gasteiger partial charge in [0.25, 0.3) is 0 Å². The Morgan fingerprint density at radius 3 is 2.40 bits per heavy atom. The summed E-state index contributed by atoms with van der Waals surface area (Å²) in [4.78, 5) is -0.280. The zero-order valence-corrected chi connectivity index (χ0v) is 7.66. The lowest BCUT2D eigenvalue weighted by molar-refractivity contribution is 0.184. The molecular weight excluding hydrogens is 148 g/mol. The van der Waals surface area contributed by atoms with E-state index in [9.17, 15) is 0 Å². The Kier molecular flexibility index (Phi) is 3.80. The van der Waals surface area contributed by atoms with Gasteiger partial charge in [0.1, 0.15) is 6.61 Å². The van der Waals surface area contributed by atoms with Crippen molar-refractivity contribution in [2.75, 3.05) is 6.61 Å². The average molecular weight is 163 g/mol. The monoisotopic (exact) mass is 162 g/mol. The molecule has 0 rings (SSSR count). The highest BCUT2D eigenvalue weighted by molar-refractivity contribution is 6.23. The van der Waals surface area contributed by atoms with E-state index in [4.69, 9.17) is 16.3 Å². The van der Waals surface area contributed by atoms with Gasteiger partial charge in [-0.25, -0.2) is 0 Å². The van der Waals surface area contributed by atoms with E-state index >= 15 is 0 Å². The first-order chi connectivity index (χ1) is 4.45. The highest BCUT2D eigenvalue weighted by Gasteiger charge is 2.13. The molecule has 0 spiro atoms. The van der Waals surface area contributed by atoms with Crippen molar-refractivity contribution in [3.8, 4) is 0 Å². The van der Waals surface area contributed by atoms with Gasteiger partial charge in [0, 0.05) is 6.42 Å². The second-order valence-corrected chi connectivity index (χ2v) is 3.92. The maximum absolute atomic E-state index is 5.87. The number of hydrogen-bond acceptors (Lipinski definition) is 1. The molecular formula is C8H15ClO. The van der Waals surface area contributed by atoms with Crippen LogP contribution in [0.4, 0.5) is 0 Å². The second kappa shape index (κ2) is 3.87. The van der Waals surface area contributed by atoms with E-state index < -0.39 is 0 Å². The van der Waals surface area contributed by atoms with Crippen LogP contribution in [0.1, 0.15) is 27.2 Å². The highest BCUT2D eigenvalue weighted by atomic mass is 35.5. The Bertz CT molecular complexity index is 113. The Hall–Kier alpha value is -0.170. The Morgan fingerprint density at radius 2 is 2.10 bits per heavy atom. The molecule has 0 aromatic rings. The van der Waals surface area contributed by atoms with E-state index in [0.29, 0.717) is 6.61 Å². The van der Waals surface area contributed by atoms with Crippen LogP contribution >= 0.6 is 11.6 Å². The second-order valence-electron chi connectivity index (χ2n) is 2.90. The van der Waals surface area contributed by atoms with Crippen LogP contribution in [0.2, 0.25) is 0 Å². The van der Waals surface area contributed by atoms with Gasteiger partial charge in [-0.15, -0.1) is 11.6 Å². The molecule has 60 valence electrons. The van der Waals surface area contributed by atoms with Crippen molar-refractivity contribution in [1.82, 2.24) is 0 Å². The summed E-state index contributed by atoms with van der Waals surface area (Å²) in [6.07, 6.45) is 0.854. The van der Waals surface area contributed by atoms with Gasteiger partial charge < -0.3 is 4.74 Å². The average Bonchev–Trinajstić information content (AvgIpc) is 1.81. The van der Waals surface area contributed by atoms with Crippen molar-refractivity contribution in [1.29, 1.82) is 0 Å². The van der Waals surface area contributed by atoms with Gasteiger partial charge in [0.2, 0.25) is 0 Å². The Labute approximate surface area is 68.0 Å². The molecule has 0 fully saturated rings. The molecule has 0 aliphatic heterocycles. The Morgan fingerprint density at radius 1 is 1.60 bits per heavy atom. The fourth-order valence-corrected chi connectivity index (χ4v) is 0.430. The van der Waals surface area contributed by atoms with E-state index in [2.05, 4.69) is 6.58 Å². The zero-order valence-electron chi connectivity index (χ0n) is 6.91. The number of alkyl halides is 1. The first-order valence-corrected chi connectivity index (χ1v) is 3.83. The third kappa shape index (κ3) is 5.96. The molecule has 0 atom stereocenters. The molecule has 0 saturated heterocycles. The summed E-state index contributed by atoms with van der Waals surface area (Å²) in [6.45, 7) is 10.1. The van der Waals surface area contributed by atoms with Crippen molar-refractivity contribution in [2.24, 2.45) is 0 Å². The number of ether oxygens (including phenoxy) is 1. The largest absolute Gasteiger partial charge is 0.497 e. The van der Waals surface area contributed by atoms with Gasteiger partial charge in [-0.3, -0.25) is 0 Å². The highest BCUT2D eigenvalue weighted by Crippen LogP contribution is 2.14. The molecule has 0 aliphatic carbocycles. The minimum atomic E-state index is -0.280. The lowest BCUT2D eigenvalue weighted by Crippen LogP contribution is -2.18. The standard InChI is InChI=1S/C8H15ClO/c1-5-7(2)10-6-8(3,4)9/h2,5-6H2,1,3-4H3. The fourth-order valence-electron chi connectivity index (χ4n) is 0.376. The van der Waals surface area contributed by atoms with Gasteiger partial charge >= 0.3 is 0 Å². The van der Waals surface area contributed by atoms with Crippen molar-refractivity contribution < 1.29 is 4.74 Å². The lowest BCUT2D eigenvalue weighted by Gasteiger charge is -2.16. The normalized spacial score (nSPS) is 11.2. The summed E-state index contributed by atoms with van der Waals surface area (Å²) in [5.41, 5.74) is 0. The molecule has 0 aliphatic rings. The van der Waals surface area contributed by atoms with Crippen LogP contribution in [-0.2, 0) is 4.74 Å².